The van der Waals surface area contributed by atoms with Crippen LogP contribution in [0.25, 0.3) is 0 Å². The molecule has 0 radical (unpaired) electrons. The third-order valence-electron chi connectivity index (χ3n) is 2.93. The van der Waals surface area contributed by atoms with E-state index in [1.807, 2.05) is 0 Å². The summed E-state index contributed by atoms with van der Waals surface area (Å²) in [4.78, 5) is 0. The van der Waals surface area contributed by atoms with E-state index in [2.05, 4.69) is 93.5 Å². The number of rotatable bonds is 3. The first-order chi connectivity index (χ1) is 8.56. The fourth-order valence-corrected chi connectivity index (χ4v) is 2.60. The summed E-state index contributed by atoms with van der Waals surface area (Å²) < 4.78 is 2.22. The Morgan fingerprint density at radius 3 is 2.17 bits per heavy atom. The van der Waals surface area contributed by atoms with Crippen LogP contribution in [0.3, 0.4) is 0 Å². The van der Waals surface area contributed by atoms with E-state index in [1.54, 1.807) is 0 Å². The molecule has 3 heteroatoms. The summed E-state index contributed by atoms with van der Waals surface area (Å²) in [6.45, 7) is 4.28. The zero-order valence-electron chi connectivity index (χ0n) is 10.4. The maximum absolute atomic E-state index is 3.54. The molecule has 0 aromatic heterocycles. The molecule has 0 aliphatic rings. The van der Waals surface area contributed by atoms with Gasteiger partial charge in [0.05, 0.1) is 0 Å². The largest absolute Gasteiger partial charge is 0.378 e. The Balaban J connectivity index is 2.15. The molecule has 2 aromatic carbocycles. The van der Waals surface area contributed by atoms with Crippen molar-refractivity contribution in [3.05, 3.63) is 62.5 Å². The lowest BCUT2D eigenvalue weighted by Crippen LogP contribution is -2.07. The standard InChI is InChI=1S/C15H15Br2N/c1-10-9-14(17)7-8-15(10)18-11(2)12-3-5-13(16)6-4-12/h3-9,11,18H,1-2H3. The molecule has 0 aliphatic heterocycles. The number of anilines is 1. The number of hydrogen-bond acceptors (Lipinski definition) is 1. The van der Waals surface area contributed by atoms with Crippen LogP contribution in [0.15, 0.2) is 51.4 Å². The third-order valence-corrected chi connectivity index (χ3v) is 3.95. The molecule has 0 fully saturated rings. The summed E-state index contributed by atoms with van der Waals surface area (Å²) in [6.07, 6.45) is 0. The number of aryl methyl sites for hydroxylation is 1. The van der Waals surface area contributed by atoms with Crippen molar-refractivity contribution < 1.29 is 0 Å². The van der Waals surface area contributed by atoms with E-state index in [4.69, 9.17) is 0 Å². The van der Waals surface area contributed by atoms with E-state index in [0.717, 1.165) is 8.95 Å². The molecule has 1 N–H and O–H groups in total. The zero-order valence-corrected chi connectivity index (χ0v) is 13.5. The summed E-state index contributed by atoms with van der Waals surface area (Å²) in [5.41, 5.74) is 3.70. The second kappa shape index (κ2) is 5.89. The molecule has 1 nitrogen and oxygen atoms in total. The van der Waals surface area contributed by atoms with E-state index < -0.39 is 0 Å². The maximum Gasteiger partial charge on any atom is 0.0485 e. The average Bonchev–Trinajstić information content (AvgIpc) is 2.33. The average molecular weight is 369 g/mol. The van der Waals surface area contributed by atoms with E-state index in [-0.39, 0.29) is 6.04 Å². The van der Waals surface area contributed by atoms with Gasteiger partial charge in [0.15, 0.2) is 0 Å². The smallest absolute Gasteiger partial charge is 0.0485 e. The molecule has 0 heterocycles. The lowest BCUT2D eigenvalue weighted by molar-refractivity contribution is 0.882. The van der Waals surface area contributed by atoms with Crippen LogP contribution in [-0.2, 0) is 0 Å². The summed E-state index contributed by atoms with van der Waals surface area (Å²) >= 11 is 6.94. The van der Waals surface area contributed by atoms with E-state index in [0.29, 0.717) is 0 Å². The molecule has 0 bridgehead atoms. The minimum Gasteiger partial charge on any atom is -0.378 e. The van der Waals surface area contributed by atoms with Crippen molar-refractivity contribution in [1.82, 2.24) is 0 Å². The van der Waals surface area contributed by atoms with Crippen LogP contribution in [0.2, 0.25) is 0 Å². The number of hydrogen-bond donors (Lipinski definition) is 1. The normalized spacial score (nSPS) is 12.2. The van der Waals surface area contributed by atoms with Crippen molar-refractivity contribution in [3.8, 4) is 0 Å². The number of halogens is 2. The molecule has 0 saturated carbocycles. The molecule has 94 valence electrons. The molecular weight excluding hydrogens is 354 g/mol. The fraction of sp³-hybridized carbons (Fsp3) is 0.200. The van der Waals surface area contributed by atoms with Gasteiger partial charge in [-0.15, -0.1) is 0 Å². The van der Waals surface area contributed by atoms with Gasteiger partial charge < -0.3 is 5.32 Å². The SMILES string of the molecule is Cc1cc(Br)ccc1NC(C)c1ccc(Br)cc1. The van der Waals surface area contributed by atoms with Gasteiger partial charge in [-0.05, 0) is 55.3 Å². The van der Waals surface area contributed by atoms with Crippen molar-refractivity contribution in [2.45, 2.75) is 19.9 Å². The van der Waals surface area contributed by atoms with E-state index in [1.165, 1.54) is 16.8 Å². The van der Waals surface area contributed by atoms with Gasteiger partial charge in [-0.25, -0.2) is 0 Å². The van der Waals surface area contributed by atoms with Crippen LogP contribution in [0.5, 0.6) is 0 Å². The van der Waals surface area contributed by atoms with Crippen LogP contribution >= 0.6 is 31.9 Å². The lowest BCUT2D eigenvalue weighted by Gasteiger charge is -2.17. The molecule has 0 saturated heterocycles. The van der Waals surface area contributed by atoms with Gasteiger partial charge >= 0.3 is 0 Å². The van der Waals surface area contributed by atoms with Crippen molar-refractivity contribution >= 4 is 37.5 Å². The topological polar surface area (TPSA) is 12.0 Å². The second-order valence-electron chi connectivity index (χ2n) is 4.38. The Morgan fingerprint density at radius 2 is 1.56 bits per heavy atom. The molecule has 2 rings (SSSR count). The maximum atomic E-state index is 3.54. The minimum absolute atomic E-state index is 0.290. The Labute approximate surface area is 125 Å². The Hall–Kier alpha value is -0.800. The third kappa shape index (κ3) is 3.36. The summed E-state index contributed by atoms with van der Waals surface area (Å²) in [5.74, 6) is 0. The highest BCUT2D eigenvalue weighted by Gasteiger charge is 2.06. The quantitative estimate of drug-likeness (QED) is 0.733. The molecule has 0 aliphatic carbocycles. The van der Waals surface area contributed by atoms with Crippen LogP contribution in [0.1, 0.15) is 24.1 Å². The highest BCUT2D eigenvalue weighted by atomic mass is 79.9. The van der Waals surface area contributed by atoms with Gasteiger partial charge in [-0.2, -0.15) is 0 Å². The fourth-order valence-electron chi connectivity index (χ4n) is 1.86. The predicted molar refractivity (Wildman–Crippen MR) is 85.1 cm³/mol. The molecule has 0 spiro atoms. The zero-order chi connectivity index (χ0) is 13.1. The number of nitrogens with one attached hydrogen (secondary N) is 1. The monoisotopic (exact) mass is 367 g/mol. The summed E-state index contributed by atoms with van der Waals surface area (Å²) in [5, 5.41) is 3.54. The highest BCUT2D eigenvalue weighted by molar-refractivity contribution is 9.10. The number of benzene rings is 2. The first kappa shape index (κ1) is 13.6. The Bertz CT molecular complexity index is 535. The van der Waals surface area contributed by atoms with E-state index >= 15 is 0 Å². The van der Waals surface area contributed by atoms with Crippen LogP contribution < -0.4 is 5.32 Å². The van der Waals surface area contributed by atoms with Gasteiger partial charge in [0.25, 0.3) is 0 Å². The van der Waals surface area contributed by atoms with Crippen LogP contribution in [0, 0.1) is 6.92 Å². The van der Waals surface area contributed by atoms with Gasteiger partial charge in [0.1, 0.15) is 0 Å². The highest BCUT2D eigenvalue weighted by Crippen LogP contribution is 2.25. The first-order valence-electron chi connectivity index (χ1n) is 5.84. The summed E-state index contributed by atoms with van der Waals surface area (Å²) in [7, 11) is 0. The Morgan fingerprint density at radius 1 is 0.944 bits per heavy atom. The van der Waals surface area contributed by atoms with Gasteiger partial charge in [-0.1, -0.05) is 44.0 Å². The Kier molecular flexibility index (Phi) is 4.46. The molecule has 2 aromatic rings. The van der Waals surface area contributed by atoms with Crippen molar-refractivity contribution in [2.24, 2.45) is 0 Å². The molecule has 1 atom stereocenters. The van der Waals surface area contributed by atoms with Crippen LogP contribution in [-0.4, -0.2) is 0 Å². The van der Waals surface area contributed by atoms with Crippen molar-refractivity contribution in [2.75, 3.05) is 5.32 Å². The van der Waals surface area contributed by atoms with Gasteiger partial charge in [-0.3, -0.25) is 0 Å². The lowest BCUT2D eigenvalue weighted by atomic mass is 10.1. The molecule has 18 heavy (non-hydrogen) atoms. The van der Waals surface area contributed by atoms with Gasteiger partial charge in [0, 0.05) is 20.7 Å². The molecule has 0 amide bonds. The minimum atomic E-state index is 0.290. The summed E-state index contributed by atoms with van der Waals surface area (Å²) in [6, 6.07) is 15.0. The van der Waals surface area contributed by atoms with Crippen molar-refractivity contribution in [3.63, 3.8) is 0 Å². The van der Waals surface area contributed by atoms with Crippen molar-refractivity contribution in [1.29, 1.82) is 0 Å². The molecule has 1 unspecified atom stereocenters. The first-order valence-corrected chi connectivity index (χ1v) is 7.43. The van der Waals surface area contributed by atoms with Crippen LogP contribution in [0.4, 0.5) is 5.69 Å². The predicted octanol–water partition coefficient (Wildman–Crippen LogP) is 5.69. The molecular formula is C15H15Br2N. The second-order valence-corrected chi connectivity index (χ2v) is 6.21. The van der Waals surface area contributed by atoms with E-state index in [9.17, 15) is 0 Å². The van der Waals surface area contributed by atoms with Gasteiger partial charge in [0.2, 0.25) is 0 Å².